The number of aryl methyl sites for hydroxylation is 1. The van der Waals surface area contributed by atoms with Crippen LogP contribution >= 0.6 is 23.4 Å². The van der Waals surface area contributed by atoms with Crippen LogP contribution in [0.2, 0.25) is 5.02 Å². The first-order valence-corrected chi connectivity index (χ1v) is 9.11. The molecule has 140 valence electrons. The van der Waals surface area contributed by atoms with E-state index in [9.17, 15) is 9.90 Å². The zero-order valence-electron chi connectivity index (χ0n) is 14.9. The maximum absolute atomic E-state index is 12.3. The van der Waals surface area contributed by atoms with Crippen LogP contribution in [0.25, 0.3) is 6.08 Å². The molecule has 6 nitrogen and oxygen atoms in total. The Morgan fingerprint density at radius 3 is 2.44 bits per heavy atom. The second-order valence-electron chi connectivity index (χ2n) is 5.69. The number of phenolic OH excluding ortho intramolecular Hbond substituents is 1. The maximum atomic E-state index is 12.3. The third-order valence-corrected chi connectivity index (χ3v) is 5.15. The predicted octanol–water partition coefficient (Wildman–Crippen LogP) is 4.26. The third-order valence-electron chi connectivity index (χ3n) is 3.84. The molecule has 0 bridgehead atoms. The van der Waals surface area contributed by atoms with Gasteiger partial charge in [0.2, 0.25) is 5.75 Å². The van der Waals surface area contributed by atoms with Crippen LogP contribution in [0.1, 0.15) is 11.1 Å². The molecule has 0 radical (unpaired) electrons. The van der Waals surface area contributed by atoms with Gasteiger partial charge in [-0.2, -0.15) is 0 Å². The van der Waals surface area contributed by atoms with Crippen LogP contribution in [-0.2, 0) is 4.79 Å². The molecule has 2 aromatic rings. The first kappa shape index (κ1) is 19.1. The molecule has 0 unspecified atom stereocenters. The zero-order chi connectivity index (χ0) is 19.6. The van der Waals surface area contributed by atoms with Crippen LogP contribution in [-0.4, -0.2) is 30.4 Å². The van der Waals surface area contributed by atoms with Gasteiger partial charge in [0, 0.05) is 5.02 Å². The Morgan fingerprint density at radius 2 is 1.85 bits per heavy atom. The molecule has 2 N–H and O–H groups in total. The van der Waals surface area contributed by atoms with Crippen LogP contribution in [0.4, 0.5) is 5.69 Å². The lowest BCUT2D eigenvalue weighted by atomic mass is 10.1. The Balaban J connectivity index is 1.89. The van der Waals surface area contributed by atoms with Gasteiger partial charge in [0.15, 0.2) is 16.7 Å². The number of nitrogens with zero attached hydrogens (tertiary/aromatic N) is 1. The van der Waals surface area contributed by atoms with Gasteiger partial charge in [0.1, 0.15) is 0 Å². The smallest absolute Gasteiger partial charge is 0.264 e. The van der Waals surface area contributed by atoms with Crippen molar-refractivity contribution in [2.24, 2.45) is 4.99 Å². The van der Waals surface area contributed by atoms with Crippen LogP contribution < -0.4 is 14.8 Å². The molecule has 1 amide bonds. The van der Waals surface area contributed by atoms with Crippen molar-refractivity contribution in [1.29, 1.82) is 0 Å². The molecule has 1 aliphatic rings. The Labute approximate surface area is 165 Å². The summed E-state index contributed by atoms with van der Waals surface area (Å²) in [6.45, 7) is 1.91. The van der Waals surface area contributed by atoms with Gasteiger partial charge in [-0.1, -0.05) is 17.7 Å². The zero-order valence-corrected chi connectivity index (χ0v) is 16.4. The molecule has 0 atom stereocenters. The largest absolute Gasteiger partial charge is 0.502 e. The number of thioether (sulfide) groups is 1. The highest BCUT2D eigenvalue weighted by Crippen LogP contribution is 2.38. The van der Waals surface area contributed by atoms with E-state index in [2.05, 4.69) is 10.3 Å². The number of halogens is 1. The molecule has 0 saturated carbocycles. The number of rotatable bonds is 4. The van der Waals surface area contributed by atoms with Crippen molar-refractivity contribution in [3.63, 3.8) is 0 Å². The number of nitrogens with one attached hydrogen (secondary N) is 1. The number of amidine groups is 1. The molecule has 0 spiro atoms. The van der Waals surface area contributed by atoms with Crippen molar-refractivity contribution >= 4 is 46.2 Å². The highest BCUT2D eigenvalue weighted by molar-refractivity contribution is 8.18. The molecule has 2 aromatic carbocycles. The molecule has 1 aliphatic heterocycles. The number of methoxy groups -OCH3 is 2. The Kier molecular flexibility index (Phi) is 5.62. The molecule has 1 saturated heterocycles. The summed E-state index contributed by atoms with van der Waals surface area (Å²) in [5.41, 5.74) is 2.26. The summed E-state index contributed by atoms with van der Waals surface area (Å²) in [5, 5.41) is 13.8. The van der Waals surface area contributed by atoms with Crippen molar-refractivity contribution in [1.82, 2.24) is 5.32 Å². The van der Waals surface area contributed by atoms with Crippen molar-refractivity contribution in [2.45, 2.75) is 6.92 Å². The minimum atomic E-state index is -0.261. The van der Waals surface area contributed by atoms with Crippen LogP contribution in [0.15, 0.2) is 40.2 Å². The van der Waals surface area contributed by atoms with E-state index in [0.29, 0.717) is 26.3 Å². The van der Waals surface area contributed by atoms with Gasteiger partial charge >= 0.3 is 0 Å². The fraction of sp³-hybridized carbons (Fsp3) is 0.158. The monoisotopic (exact) mass is 404 g/mol. The molecule has 27 heavy (non-hydrogen) atoms. The highest BCUT2D eigenvalue weighted by Gasteiger charge is 2.24. The Hall–Kier alpha value is -2.64. The SMILES string of the molecule is COc1cc(C=C2SC(=Nc3ccc(C)c(Cl)c3)NC2=O)cc(OC)c1O. The Morgan fingerprint density at radius 1 is 1.19 bits per heavy atom. The van der Waals surface area contributed by atoms with E-state index >= 15 is 0 Å². The lowest BCUT2D eigenvalue weighted by molar-refractivity contribution is -0.115. The predicted molar refractivity (Wildman–Crippen MR) is 108 cm³/mol. The molecule has 1 fully saturated rings. The fourth-order valence-corrected chi connectivity index (χ4v) is 3.41. The van der Waals surface area contributed by atoms with E-state index in [-0.39, 0.29) is 23.2 Å². The number of amides is 1. The molecular formula is C19H17ClN2O4S. The molecule has 3 rings (SSSR count). The normalized spacial score (nSPS) is 16.7. The molecule has 8 heteroatoms. The van der Waals surface area contributed by atoms with Gasteiger partial charge < -0.3 is 19.9 Å². The van der Waals surface area contributed by atoms with Crippen LogP contribution in [0.5, 0.6) is 17.2 Å². The fourth-order valence-electron chi connectivity index (χ4n) is 2.40. The third kappa shape index (κ3) is 4.20. The van der Waals surface area contributed by atoms with E-state index in [0.717, 1.165) is 5.56 Å². The number of aliphatic imine (C=N–C) groups is 1. The molecule has 0 aromatic heterocycles. The second-order valence-corrected chi connectivity index (χ2v) is 7.13. The first-order valence-electron chi connectivity index (χ1n) is 7.92. The quantitative estimate of drug-likeness (QED) is 0.744. The van der Waals surface area contributed by atoms with Gasteiger partial charge in [-0.15, -0.1) is 0 Å². The summed E-state index contributed by atoms with van der Waals surface area (Å²) < 4.78 is 10.3. The van der Waals surface area contributed by atoms with E-state index in [1.807, 2.05) is 19.1 Å². The van der Waals surface area contributed by atoms with Gasteiger partial charge in [-0.25, -0.2) is 4.99 Å². The summed E-state index contributed by atoms with van der Waals surface area (Å²) in [5.74, 6) is 0.160. The minimum absolute atomic E-state index is 0.0934. The topological polar surface area (TPSA) is 80.2 Å². The van der Waals surface area contributed by atoms with Crippen LogP contribution in [0.3, 0.4) is 0 Å². The number of ether oxygens (including phenoxy) is 2. The van der Waals surface area contributed by atoms with E-state index in [1.54, 1.807) is 24.3 Å². The molecule has 0 aliphatic carbocycles. The molecular weight excluding hydrogens is 388 g/mol. The lowest BCUT2D eigenvalue weighted by Gasteiger charge is -2.09. The van der Waals surface area contributed by atoms with Gasteiger partial charge in [-0.3, -0.25) is 4.79 Å². The summed E-state index contributed by atoms with van der Waals surface area (Å²) in [6, 6.07) is 8.68. The number of aromatic hydroxyl groups is 1. The second kappa shape index (κ2) is 7.94. The van der Waals surface area contributed by atoms with Crippen molar-refractivity contribution in [2.75, 3.05) is 14.2 Å². The average molecular weight is 405 g/mol. The number of phenols is 1. The summed E-state index contributed by atoms with van der Waals surface area (Å²) >= 11 is 7.33. The summed E-state index contributed by atoms with van der Waals surface area (Å²) in [6.07, 6.45) is 1.68. The summed E-state index contributed by atoms with van der Waals surface area (Å²) in [4.78, 5) is 17.1. The summed E-state index contributed by atoms with van der Waals surface area (Å²) in [7, 11) is 2.89. The lowest BCUT2D eigenvalue weighted by Crippen LogP contribution is -2.19. The van der Waals surface area contributed by atoms with Gasteiger partial charge in [0.25, 0.3) is 5.91 Å². The number of hydrogen-bond acceptors (Lipinski definition) is 6. The van der Waals surface area contributed by atoms with Crippen molar-refractivity contribution in [3.05, 3.63) is 51.4 Å². The Bertz CT molecular complexity index is 947. The minimum Gasteiger partial charge on any atom is -0.502 e. The highest BCUT2D eigenvalue weighted by atomic mass is 35.5. The number of benzene rings is 2. The standard InChI is InChI=1S/C19H17ClN2O4S/c1-10-4-5-12(9-13(10)20)21-19-22-18(24)16(27-19)8-11-6-14(25-2)17(23)15(7-11)26-3/h4-9,23H,1-3H3,(H,21,22,24). The maximum Gasteiger partial charge on any atom is 0.264 e. The van der Waals surface area contributed by atoms with E-state index < -0.39 is 0 Å². The van der Waals surface area contributed by atoms with Crippen molar-refractivity contribution < 1.29 is 19.4 Å². The first-order chi connectivity index (χ1) is 12.9. The van der Waals surface area contributed by atoms with Crippen LogP contribution in [0, 0.1) is 6.92 Å². The van der Waals surface area contributed by atoms with Crippen molar-refractivity contribution in [3.8, 4) is 17.2 Å². The number of hydrogen-bond donors (Lipinski definition) is 2. The van der Waals surface area contributed by atoms with Gasteiger partial charge in [-0.05, 0) is 60.2 Å². The van der Waals surface area contributed by atoms with E-state index in [1.165, 1.54) is 26.0 Å². The number of carbonyl (C=O) groups is 1. The average Bonchev–Trinajstić information content (AvgIpc) is 2.98. The number of carbonyl (C=O) groups excluding carboxylic acids is 1. The van der Waals surface area contributed by atoms with Gasteiger partial charge in [0.05, 0.1) is 24.8 Å². The molecule has 1 heterocycles. The van der Waals surface area contributed by atoms with E-state index in [4.69, 9.17) is 21.1 Å².